The molecule has 0 aliphatic heterocycles. The molecular formula is C18H14O5. The van der Waals surface area contributed by atoms with Crippen LogP contribution in [0.5, 0.6) is 5.75 Å². The molecule has 1 N–H and O–H groups in total. The van der Waals surface area contributed by atoms with Gasteiger partial charge in [-0.25, -0.2) is 4.79 Å². The maximum absolute atomic E-state index is 12.3. The lowest BCUT2D eigenvalue weighted by Crippen LogP contribution is -2.03. The predicted octanol–water partition coefficient (Wildman–Crippen LogP) is 3.48. The smallest absolute Gasteiger partial charge is 0.335 e. The summed E-state index contributed by atoms with van der Waals surface area (Å²) in [7, 11) is 1.55. The molecule has 5 heteroatoms. The normalized spacial score (nSPS) is 10.7. The number of rotatable bonds is 3. The van der Waals surface area contributed by atoms with Gasteiger partial charge in [0.1, 0.15) is 17.1 Å². The zero-order valence-electron chi connectivity index (χ0n) is 12.6. The van der Waals surface area contributed by atoms with Crippen LogP contribution in [-0.4, -0.2) is 18.2 Å². The van der Waals surface area contributed by atoms with Gasteiger partial charge >= 0.3 is 5.97 Å². The first kappa shape index (κ1) is 14.8. The van der Waals surface area contributed by atoms with Crippen molar-refractivity contribution in [2.75, 3.05) is 7.11 Å². The fourth-order valence-electron chi connectivity index (χ4n) is 2.44. The van der Waals surface area contributed by atoms with Crippen molar-refractivity contribution in [3.05, 3.63) is 63.8 Å². The molecule has 1 heterocycles. The Hall–Kier alpha value is -3.08. The van der Waals surface area contributed by atoms with E-state index in [0.29, 0.717) is 22.7 Å². The Bertz CT molecular complexity index is 969. The van der Waals surface area contributed by atoms with Crippen LogP contribution >= 0.6 is 0 Å². The molecule has 116 valence electrons. The van der Waals surface area contributed by atoms with E-state index in [-0.39, 0.29) is 16.4 Å². The van der Waals surface area contributed by atoms with E-state index in [1.165, 1.54) is 24.3 Å². The molecule has 0 unspecified atom stereocenters. The molecule has 0 saturated carbocycles. The van der Waals surface area contributed by atoms with Crippen LogP contribution in [0.3, 0.4) is 0 Å². The highest BCUT2D eigenvalue weighted by atomic mass is 16.5. The van der Waals surface area contributed by atoms with Gasteiger partial charge in [0.25, 0.3) is 0 Å². The van der Waals surface area contributed by atoms with Gasteiger partial charge in [0.05, 0.1) is 23.6 Å². The first-order valence-electron chi connectivity index (χ1n) is 6.96. The average Bonchev–Trinajstić information content (AvgIpc) is 2.54. The van der Waals surface area contributed by atoms with Gasteiger partial charge in [0, 0.05) is 6.07 Å². The van der Waals surface area contributed by atoms with E-state index in [2.05, 4.69) is 0 Å². The molecule has 3 rings (SSSR count). The van der Waals surface area contributed by atoms with Crippen LogP contribution in [0.25, 0.3) is 22.3 Å². The molecule has 0 saturated heterocycles. The van der Waals surface area contributed by atoms with Crippen LogP contribution in [0.2, 0.25) is 0 Å². The summed E-state index contributed by atoms with van der Waals surface area (Å²) in [5, 5.41) is 9.25. The summed E-state index contributed by atoms with van der Waals surface area (Å²) in [6.07, 6.45) is 0. The van der Waals surface area contributed by atoms with Crippen molar-refractivity contribution in [2.45, 2.75) is 6.92 Å². The second-order valence-electron chi connectivity index (χ2n) is 5.19. The molecule has 2 aromatic carbocycles. The molecule has 0 radical (unpaired) electrons. The van der Waals surface area contributed by atoms with Gasteiger partial charge in [-0.2, -0.15) is 0 Å². The zero-order valence-corrected chi connectivity index (χ0v) is 12.6. The number of carbonyl (C=O) groups is 1. The molecule has 5 nitrogen and oxygen atoms in total. The molecule has 0 bridgehead atoms. The SMILES string of the molecule is COc1ccc(C)cc1-c1cc(=O)c2cc(C(=O)O)ccc2o1. The first-order valence-corrected chi connectivity index (χ1v) is 6.96. The van der Waals surface area contributed by atoms with Crippen LogP contribution in [0.1, 0.15) is 15.9 Å². The maximum atomic E-state index is 12.3. The van der Waals surface area contributed by atoms with Crippen LogP contribution in [0.15, 0.2) is 51.7 Å². The van der Waals surface area contributed by atoms with Gasteiger partial charge in [-0.05, 0) is 37.3 Å². The quantitative estimate of drug-likeness (QED) is 0.801. The minimum atomic E-state index is -1.09. The topological polar surface area (TPSA) is 76.7 Å². The van der Waals surface area contributed by atoms with Crippen LogP contribution in [0.4, 0.5) is 0 Å². The first-order chi connectivity index (χ1) is 11.0. The van der Waals surface area contributed by atoms with Crippen LogP contribution in [0, 0.1) is 6.92 Å². The maximum Gasteiger partial charge on any atom is 0.335 e. The summed E-state index contributed by atoms with van der Waals surface area (Å²) in [6.45, 7) is 1.93. The Labute approximate surface area is 131 Å². The predicted molar refractivity (Wildman–Crippen MR) is 86.2 cm³/mol. The lowest BCUT2D eigenvalue weighted by Gasteiger charge is -2.09. The van der Waals surface area contributed by atoms with Gasteiger partial charge in [0.15, 0.2) is 5.43 Å². The van der Waals surface area contributed by atoms with Crippen molar-refractivity contribution >= 4 is 16.9 Å². The minimum Gasteiger partial charge on any atom is -0.496 e. The van der Waals surface area contributed by atoms with Crippen molar-refractivity contribution in [2.24, 2.45) is 0 Å². The number of carboxylic acid groups (broad SMARTS) is 1. The van der Waals surface area contributed by atoms with E-state index in [0.717, 1.165) is 5.56 Å². The number of aryl methyl sites for hydroxylation is 1. The van der Waals surface area contributed by atoms with E-state index in [9.17, 15) is 9.59 Å². The Morgan fingerprint density at radius 3 is 2.61 bits per heavy atom. The average molecular weight is 310 g/mol. The monoisotopic (exact) mass is 310 g/mol. The van der Waals surface area contributed by atoms with Crippen molar-refractivity contribution in [3.8, 4) is 17.1 Å². The molecule has 0 atom stereocenters. The number of methoxy groups -OCH3 is 1. The highest BCUT2D eigenvalue weighted by Crippen LogP contribution is 2.31. The van der Waals surface area contributed by atoms with E-state index in [1.54, 1.807) is 7.11 Å². The van der Waals surface area contributed by atoms with Crippen molar-refractivity contribution < 1.29 is 19.1 Å². The Kier molecular flexibility index (Phi) is 3.62. The molecule has 0 aliphatic rings. The van der Waals surface area contributed by atoms with Crippen LogP contribution < -0.4 is 10.2 Å². The summed E-state index contributed by atoms with van der Waals surface area (Å²) in [5.74, 6) is -0.109. The Balaban J connectivity index is 2.25. The Morgan fingerprint density at radius 2 is 1.91 bits per heavy atom. The summed E-state index contributed by atoms with van der Waals surface area (Å²) in [6, 6.07) is 11.2. The number of hydrogen-bond acceptors (Lipinski definition) is 4. The van der Waals surface area contributed by atoms with Gasteiger partial charge in [-0.3, -0.25) is 4.79 Å². The third kappa shape index (κ3) is 2.68. The second kappa shape index (κ2) is 5.61. The number of carboxylic acids is 1. The number of aromatic carboxylic acids is 1. The van der Waals surface area contributed by atoms with E-state index < -0.39 is 5.97 Å². The molecule has 0 spiro atoms. The molecule has 1 aromatic heterocycles. The van der Waals surface area contributed by atoms with Crippen molar-refractivity contribution in [1.29, 1.82) is 0 Å². The van der Waals surface area contributed by atoms with E-state index >= 15 is 0 Å². The lowest BCUT2D eigenvalue weighted by molar-refractivity contribution is 0.0697. The highest BCUT2D eigenvalue weighted by molar-refractivity contribution is 5.93. The number of hydrogen-bond donors (Lipinski definition) is 1. The largest absolute Gasteiger partial charge is 0.496 e. The summed E-state index contributed by atoms with van der Waals surface area (Å²) in [5.41, 5.74) is 1.76. The van der Waals surface area contributed by atoms with Crippen LogP contribution in [-0.2, 0) is 0 Å². The third-order valence-electron chi connectivity index (χ3n) is 3.59. The summed E-state index contributed by atoms with van der Waals surface area (Å²) in [4.78, 5) is 23.4. The summed E-state index contributed by atoms with van der Waals surface area (Å²) < 4.78 is 11.1. The van der Waals surface area contributed by atoms with Crippen molar-refractivity contribution in [1.82, 2.24) is 0 Å². The van der Waals surface area contributed by atoms with E-state index in [4.69, 9.17) is 14.3 Å². The molecule has 3 aromatic rings. The van der Waals surface area contributed by atoms with Gasteiger partial charge in [-0.15, -0.1) is 0 Å². The van der Waals surface area contributed by atoms with Crippen molar-refractivity contribution in [3.63, 3.8) is 0 Å². The molecule has 23 heavy (non-hydrogen) atoms. The Morgan fingerprint density at radius 1 is 1.13 bits per heavy atom. The molecule has 0 fully saturated rings. The molecular weight excluding hydrogens is 296 g/mol. The third-order valence-corrected chi connectivity index (χ3v) is 3.59. The number of fused-ring (bicyclic) bond motifs is 1. The van der Waals surface area contributed by atoms with Gasteiger partial charge < -0.3 is 14.3 Å². The molecule has 0 amide bonds. The fourth-order valence-corrected chi connectivity index (χ4v) is 2.44. The fraction of sp³-hybridized carbons (Fsp3) is 0.111. The van der Waals surface area contributed by atoms with E-state index in [1.807, 2.05) is 25.1 Å². The number of ether oxygens (including phenoxy) is 1. The lowest BCUT2D eigenvalue weighted by atomic mass is 10.1. The molecule has 0 aliphatic carbocycles. The zero-order chi connectivity index (χ0) is 16.6. The second-order valence-corrected chi connectivity index (χ2v) is 5.19. The van der Waals surface area contributed by atoms with Gasteiger partial charge in [0.2, 0.25) is 0 Å². The van der Waals surface area contributed by atoms with Gasteiger partial charge in [-0.1, -0.05) is 11.6 Å². The minimum absolute atomic E-state index is 0.0469. The number of benzene rings is 2. The highest BCUT2D eigenvalue weighted by Gasteiger charge is 2.13. The summed E-state index contributed by atoms with van der Waals surface area (Å²) >= 11 is 0. The standard InChI is InChI=1S/C18H14O5/c1-10-3-5-15(22-2)13(7-10)17-9-14(19)12-8-11(18(20)21)4-6-16(12)23-17/h3-9H,1-2H3,(H,20,21).